The average Bonchev–Trinajstić information content (AvgIpc) is 2.30. The Hall–Kier alpha value is 2.67. The Morgan fingerprint density at radius 2 is 0.237 bits per heavy atom. The molecule has 0 fully saturated rings. The smallest absolute Gasteiger partial charge is 0.871 e. The van der Waals surface area contributed by atoms with Crippen LogP contribution < -0.4 is 113 Å². The quantitative estimate of drug-likeness (QED) is 0.109. The average molecular weight is 643 g/mol. The standard InChI is InChI=1S/7BH3O3.BHO3.2K.4H2O/c8*2-1(3)4;;;;;;/h7*2-4H;2H;;;4*1H2/q;;;;;;;-2;2*+1;;;;. The molecule has 0 aromatic rings. The first-order chi connectivity index (χ1) is 13.9. The van der Waals surface area contributed by atoms with Crippen molar-refractivity contribution in [3.05, 3.63) is 0 Å². The van der Waals surface area contributed by atoms with Crippen LogP contribution in [0.1, 0.15) is 0 Å². The van der Waals surface area contributed by atoms with E-state index in [0.717, 1.165) is 0 Å². The first-order valence-electron chi connectivity index (χ1n) is 6.15. The van der Waals surface area contributed by atoms with Crippen LogP contribution in [-0.4, -0.2) is 191 Å². The molecule has 0 heterocycles. The minimum atomic E-state index is -2.67. The van der Waals surface area contributed by atoms with Gasteiger partial charge < -0.3 is 142 Å². The molecule has 0 aliphatic carbocycles. The predicted octanol–water partition coefficient (Wildman–Crippen LogP) is -27.0. The van der Waals surface area contributed by atoms with Gasteiger partial charge in [0.1, 0.15) is 0 Å². The molecule has 30 N–H and O–H groups in total. The molecule has 0 unspecified atom stereocenters. The molecular weight excluding hydrogens is 613 g/mol. The largest absolute Gasteiger partial charge is 1.00 e. The van der Waals surface area contributed by atoms with Gasteiger partial charge in [0.15, 0.2) is 0 Å². The fourth-order valence-corrected chi connectivity index (χ4v) is 0. The summed E-state index contributed by atoms with van der Waals surface area (Å²) in [6.07, 6.45) is 0. The molecule has 224 valence electrons. The molecule has 0 amide bonds. The van der Waals surface area contributed by atoms with Crippen molar-refractivity contribution in [2.75, 3.05) is 0 Å². The first-order valence-corrected chi connectivity index (χ1v) is 6.15. The molecule has 38 heteroatoms. The van der Waals surface area contributed by atoms with Gasteiger partial charge in [0.05, 0.1) is 7.32 Å². The Labute approximate surface area is 300 Å². The van der Waals surface area contributed by atoms with E-state index in [2.05, 4.69) is 0 Å². The van der Waals surface area contributed by atoms with Crippen molar-refractivity contribution in [3.8, 4) is 0 Å². The zero-order valence-corrected chi connectivity index (χ0v) is 25.5. The van der Waals surface area contributed by atoms with E-state index in [1.54, 1.807) is 0 Å². The van der Waals surface area contributed by atoms with E-state index in [0.29, 0.717) is 0 Å². The Balaban J connectivity index is -0.0000000141. The summed E-state index contributed by atoms with van der Waals surface area (Å²) < 4.78 is 0. The molecule has 0 rings (SSSR count). The zero-order chi connectivity index (χ0) is 28.6. The first kappa shape index (κ1) is 90.0. The topological polar surface area (TPSA) is 617 Å². The van der Waals surface area contributed by atoms with E-state index in [-0.39, 0.29) is 125 Å². The molecule has 28 nitrogen and oxygen atoms in total. The number of hydrogen-bond donors (Lipinski definition) is 22. The minimum Gasteiger partial charge on any atom is -0.871 e. The van der Waals surface area contributed by atoms with E-state index in [1.165, 1.54) is 0 Å². The second-order valence-corrected chi connectivity index (χ2v) is 2.73. The Morgan fingerprint density at radius 3 is 0.237 bits per heavy atom. The SMILES string of the molecule is O.O.O.O.OB(O)O.OB(O)O.OB(O)O.OB(O)O.OB(O)O.OB(O)O.OB(O)O.[K+].[K+].[O-]B([O-])O. The van der Waals surface area contributed by atoms with Gasteiger partial charge in [0.25, 0.3) is 0 Å². The third kappa shape index (κ3) is 7690. The summed E-state index contributed by atoms with van der Waals surface area (Å²) in [7, 11) is -17.8. The van der Waals surface area contributed by atoms with Crippen LogP contribution in [-0.2, 0) is 0 Å². The van der Waals surface area contributed by atoms with Gasteiger partial charge in [-0.2, -0.15) is 0 Å². The summed E-state index contributed by atoms with van der Waals surface area (Å²) in [6.45, 7) is 0. The van der Waals surface area contributed by atoms with Gasteiger partial charge in [0.2, 0.25) is 0 Å². The summed E-state index contributed by atoms with van der Waals surface area (Å²) in [4.78, 5) is 0. The molecule has 0 bridgehead atoms. The molecule has 0 saturated carbocycles. The van der Waals surface area contributed by atoms with Gasteiger partial charge in [-0.05, 0) is 0 Å². The van der Waals surface area contributed by atoms with Crippen LogP contribution in [0.5, 0.6) is 0 Å². The Kier molecular flexibility index (Phi) is 197. The van der Waals surface area contributed by atoms with Crippen molar-refractivity contribution < 1.29 is 245 Å². The van der Waals surface area contributed by atoms with E-state index < -0.39 is 58.6 Å². The van der Waals surface area contributed by atoms with Crippen LogP contribution in [0.15, 0.2) is 0 Å². The zero-order valence-electron chi connectivity index (χ0n) is 19.3. The van der Waals surface area contributed by atoms with Crippen molar-refractivity contribution in [1.29, 1.82) is 0 Å². The maximum absolute atomic E-state index is 8.53. The Bertz CT molecular complexity index is 149. The van der Waals surface area contributed by atoms with Crippen molar-refractivity contribution in [1.82, 2.24) is 0 Å². The van der Waals surface area contributed by atoms with Crippen LogP contribution in [0.25, 0.3) is 0 Å². The summed E-state index contributed by atoms with van der Waals surface area (Å²) in [5.74, 6) is 0. The van der Waals surface area contributed by atoms with E-state index in [4.69, 9.17) is 121 Å². The van der Waals surface area contributed by atoms with Crippen LogP contribution >= 0.6 is 0 Å². The molecular formula is H30B8K2O28. The summed E-state index contributed by atoms with van der Waals surface area (Å²) in [6, 6.07) is 0. The van der Waals surface area contributed by atoms with Gasteiger partial charge >= 0.3 is 154 Å². The Morgan fingerprint density at radius 1 is 0.237 bits per heavy atom. The van der Waals surface area contributed by atoms with Gasteiger partial charge in [0, 0.05) is 0 Å². The van der Waals surface area contributed by atoms with Crippen LogP contribution in [0.3, 0.4) is 0 Å². The van der Waals surface area contributed by atoms with Crippen molar-refractivity contribution in [3.63, 3.8) is 0 Å². The maximum atomic E-state index is 8.53. The van der Waals surface area contributed by atoms with Crippen molar-refractivity contribution in [2.45, 2.75) is 0 Å². The summed E-state index contributed by atoms with van der Waals surface area (Å²) in [5.41, 5.74) is 0. The van der Waals surface area contributed by atoms with Crippen molar-refractivity contribution in [2.24, 2.45) is 0 Å². The van der Waals surface area contributed by atoms with Crippen LogP contribution in [0, 0.1) is 0 Å². The maximum Gasteiger partial charge on any atom is 1.00 e. The van der Waals surface area contributed by atoms with Gasteiger partial charge in [-0.3, -0.25) is 0 Å². The van der Waals surface area contributed by atoms with E-state index in [1.807, 2.05) is 0 Å². The molecule has 0 radical (unpaired) electrons. The summed E-state index contributed by atoms with van der Waals surface area (Å²) >= 11 is 0. The third-order valence-electron chi connectivity index (χ3n) is 0. The molecule has 0 spiro atoms. The normalized spacial score (nSPS) is 5.68. The molecule has 0 aliphatic heterocycles. The molecule has 0 aliphatic rings. The second kappa shape index (κ2) is 83.4. The van der Waals surface area contributed by atoms with Gasteiger partial charge in [-0.25, -0.2) is 0 Å². The third-order valence-corrected chi connectivity index (χ3v) is 0. The molecule has 0 atom stereocenters. The van der Waals surface area contributed by atoms with Crippen molar-refractivity contribution >= 4 is 58.6 Å². The second-order valence-electron chi connectivity index (χ2n) is 2.73. The molecule has 0 saturated heterocycles. The van der Waals surface area contributed by atoms with Gasteiger partial charge in [-0.15, -0.1) is 0 Å². The fourth-order valence-electron chi connectivity index (χ4n) is 0. The number of hydrogen-bond acceptors (Lipinski definition) is 24. The molecule has 0 aromatic heterocycles. The number of rotatable bonds is 0. The van der Waals surface area contributed by atoms with Gasteiger partial charge in [-0.1, -0.05) is 0 Å². The fraction of sp³-hybridized carbons (Fsp3) is 0. The molecule has 0 aromatic carbocycles. The molecule has 38 heavy (non-hydrogen) atoms. The minimum absolute atomic E-state index is 0. The van der Waals surface area contributed by atoms with Crippen LogP contribution in [0.2, 0.25) is 0 Å². The van der Waals surface area contributed by atoms with Crippen LogP contribution in [0.4, 0.5) is 0 Å². The van der Waals surface area contributed by atoms with E-state index >= 15 is 0 Å². The monoisotopic (exact) mass is 644 g/mol. The predicted molar refractivity (Wildman–Crippen MR) is 109 cm³/mol. The summed E-state index contributed by atoms with van der Waals surface area (Å²) in [5, 5.41) is 174. The van der Waals surface area contributed by atoms with E-state index in [9.17, 15) is 0 Å².